The van der Waals surface area contributed by atoms with Gasteiger partial charge in [0, 0.05) is 17.3 Å². The Bertz CT molecular complexity index is 692. The highest BCUT2D eigenvalue weighted by Crippen LogP contribution is 2.25. The summed E-state index contributed by atoms with van der Waals surface area (Å²) in [4.78, 5) is 4.34. The second-order valence-electron chi connectivity index (χ2n) is 3.94. The number of para-hydroxylation sites is 1. The molecule has 0 aliphatic rings. The highest BCUT2D eigenvalue weighted by Gasteiger charge is 2.07. The maximum absolute atomic E-state index is 5.43. The molecule has 3 rings (SSSR count). The SMILES string of the molecule is NCc1nnc(SCc2ccnc3ccccc23)o1. The van der Waals surface area contributed by atoms with Crippen LogP contribution in [0.4, 0.5) is 0 Å². The van der Waals surface area contributed by atoms with Crippen LogP contribution in [0.15, 0.2) is 46.2 Å². The molecule has 0 bridgehead atoms. The van der Waals surface area contributed by atoms with Gasteiger partial charge in [0.2, 0.25) is 5.89 Å². The van der Waals surface area contributed by atoms with E-state index in [-0.39, 0.29) is 6.54 Å². The van der Waals surface area contributed by atoms with Gasteiger partial charge in [-0.1, -0.05) is 30.0 Å². The molecule has 0 saturated carbocycles. The van der Waals surface area contributed by atoms with Crippen molar-refractivity contribution >= 4 is 22.7 Å². The van der Waals surface area contributed by atoms with Crippen molar-refractivity contribution in [3.63, 3.8) is 0 Å². The van der Waals surface area contributed by atoms with Gasteiger partial charge in [-0.05, 0) is 17.7 Å². The second kappa shape index (κ2) is 5.38. The molecule has 2 N–H and O–H groups in total. The quantitative estimate of drug-likeness (QED) is 0.735. The van der Waals surface area contributed by atoms with E-state index in [4.69, 9.17) is 10.2 Å². The van der Waals surface area contributed by atoms with Gasteiger partial charge in [0.05, 0.1) is 12.1 Å². The van der Waals surface area contributed by atoms with Crippen LogP contribution >= 0.6 is 11.8 Å². The zero-order chi connectivity index (χ0) is 13.1. The first-order valence-corrected chi connectivity index (χ1v) is 6.83. The lowest BCUT2D eigenvalue weighted by Gasteiger charge is -2.03. The summed E-state index contributed by atoms with van der Waals surface area (Å²) >= 11 is 1.50. The monoisotopic (exact) mass is 272 g/mol. The molecule has 6 heteroatoms. The molecule has 1 aromatic carbocycles. The van der Waals surface area contributed by atoms with Gasteiger partial charge >= 0.3 is 0 Å². The summed E-state index contributed by atoms with van der Waals surface area (Å²) in [6.07, 6.45) is 1.82. The number of nitrogens with zero attached hydrogens (tertiary/aromatic N) is 3. The molecule has 0 unspecified atom stereocenters. The van der Waals surface area contributed by atoms with Crippen molar-refractivity contribution in [2.75, 3.05) is 0 Å². The van der Waals surface area contributed by atoms with Gasteiger partial charge < -0.3 is 10.2 Å². The zero-order valence-corrected chi connectivity index (χ0v) is 10.9. The van der Waals surface area contributed by atoms with Gasteiger partial charge in [-0.15, -0.1) is 10.2 Å². The lowest BCUT2D eigenvalue weighted by atomic mass is 10.1. The summed E-state index contributed by atoms with van der Waals surface area (Å²) in [7, 11) is 0. The van der Waals surface area contributed by atoms with E-state index < -0.39 is 0 Å². The molecular weight excluding hydrogens is 260 g/mol. The highest BCUT2D eigenvalue weighted by atomic mass is 32.2. The lowest BCUT2D eigenvalue weighted by molar-refractivity contribution is 0.415. The summed E-state index contributed by atoms with van der Waals surface area (Å²) in [6.45, 7) is 0.270. The Kier molecular flexibility index (Phi) is 3.43. The van der Waals surface area contributed by atoms with Crippen LogP contribution in [0.1, 0.15) is 11.5 Å². The number of fused-ring (bicyclic) bond motifs is 1. The molecule has 0 aliphatic heterocycles. The number of pyridine rings is 1. The number of nitrogens with two attached hydrogens (primary N) is 1. The Morgan fingerprint density at radius 2 is 2.05 bits per heavy atom. The largest absolute Gasteiger partial charge is 0.415 e. The lowest BCUT2D eigenvalue weighted by Crippen LogP contribution is -1.95. The van der Waals surface area contributed by atoms with Gasteiger partial charge in [-0.25, -0.2) is 0 Å². The molecule has 2 heterocycles. The maximum Gasteiger partial charge on any atom is 0.276 e. The average Bonchev–Trinajstić information content (AvgIpc) is 2.93. The summed E-state index contributed by atoms with van der Waals surface area (Å²) < 4.78 is 5.37. The van der Waals surface area contributed by atoms with Gasteiger partial charge in [-0.2, -0.15) is 0 Å². The minimum atomic E-state index is 0.270. The van der Waals surface area contributed by atoms with Crippen molar-refractivity contribution in [3.8, 4) is 0 Å². The van der Waals surface area contributed by atoms with E-state index in [1.54, 1.807) is 0 Å². The predicted octanol–water partition coefficient (Wildman–Crippen LogP) is 2.37. The number of hydrogen-bond acceptors (Lipinski definition) is 6. The molecule has 0 atom stereocenters. The Balaban J connectivity index is 1.81. The molecule has 3 aromatic rings. The van der Waals surface area contributed by atoms with Crippen LogP contribution < -0.4 is 5.73 Å². The number of aromatic nitrogens is 3. The summed E-state index contributed by atoms with van der Waals surface area (Å²) in [5, 5.41) is 9.46. The van der Waals surface area contributed by atoms with Crippen LogP contribution in [0.2, 0.25) is 0 Å². The normalized spacial score (nSPS) is 11.0. The van der Waals surface area contributed by atoms with Crippen LogP contribution in [-0.4, -0.2) is 15.2 Å². The van der Waals surface area contributed by atoms with Crippen LogP contribution in [-0.2, 0) is 12.3 Å². The van der Waals surface area contributed by atoms with Crippen molar-refractivity contribution in [2.45, 2.75) is 17.5 Å². The fourth-order valence-corrected chi connectivity index (χ4v) is 2.58. The standard InChI is InChI=1S/C13H12N4OS/c14-7-12-16-17-13(18-12)19-8-9-5-6-15-11-4-2-1-3-10(9)11/h1-6H,7-8,14H2. The number of rotatable bonds is 4. The number of benzene rings is 1. The third-order valence-corrected chi connectivity index (χ3v) is 3.58. The van der Waals surface area contributed by atoms with Crippen molar-refractivity contribution in [1.82, 2.24) is 15.2 Å². The van der Waals surface area contributed by atoms with E-state index in [0.717, 1.165) is 16.7 Å². The van der Waals surface area contributed by atoms with E-state index in [0.29, 0.717) is 11.1 Å². The molecule has 5 nitrogen and oxygen atoms in total. The summed E-state index contributed by atoms with van der Waals surface area (Å²) in [5.41, 5.74) is 7.62. The fraction of sp³-hybridized carbons (Fsp3) is 0.154. The first kappa shape index (κ1) is 12.1. The van der Waals surface area contributed by atoms with Gasteiger partial charge in [-0.3, -0.25) is 4.98 Å². The molecule has 0 amide bonds. The number of hydrogen-bond donors (Lipinski definition) is 1. The van der Waals surface area contributed by atoms with Crippen LogP contribution in [0.5, 0.6) is 0 Å². The Morgan fingerprint density at radius 3 is 2.89 bits per heavy atom. The molecule has 2 aromatic heterocycles. The molecule has 0 aliphatic carbocycles. The third-order valence-electron chi connectivity index (χ3n) is 2.71. The smallest absolute Gasteiger partial charge is 0.276 e. The third kappa shape index (κ3) is 2.59. The van der Waals surface area contributed by atoms with Crippen LogP contribution in [0, 0.1) is 0 Å². The van der Waals surface area contributed by atoms with Crippen molar-refractivity contribution in [3.05, 3.63) is 48.0 Å². The van der Waals surface area contributed by atoms with E-state index >= 15 is 0 Å². The van der Waals surface area contributed by atoms with E-state index in [9.17, 15) is 0 Å². The molecule has 0 radical (unpaired) electrons. The average molecular weight is 272 g/mol. The van der Waals surface area contributed by atoms with Crippen LogP contribution in [0.3, 0.4) is 0 Å². The fourth-order valence-electron chi connectivity index (χ4n) is 1.80. The van der Waals surface area contributed by atoms with Gasteiger partial charge in [0.15, 0.2) is 0 Å². The predicted molar refractivity (Wildman–Crippen MR) is 73.5 cm³/mol. The minimum Gasteiger partial charge on any atom is -0.415 e. The number of thioether (sulfide) groups is 1. The second-order valence-corrected chi connectivity index (χ2v) is 4.87. The Hall–Kier alpha value is -1.92. The van der Waals surface area contributed by atoms with E-state index in [2.05, 4.69) is 21.2 Å². The maximum atomic E-state index is 5.43. The Labute approximate surface area is 114 Å². The van der Waals surface area contributed by atoms with Crippen molar-refractivity contribution < 1.29 is 4.42 Å². The van der Waals surface area contributed by atoms with Gasteiger partial charge in [0.1, 0.15) is 0 Å². The summed E-state index contributed by atoms with van der Waals surface area (Å²) in [6, 6.07) is 10.1. The molecule has 19 heavy (non-hydrogen) atoms. The molecule has 0 saturated heterocycles. The minimum absolute atomic E-state index is 0.270. The zero-order valence-electron chi connectivity index (χ0n) is 10.1. The van der Waals surface area contributed by atoms with Crippen molar-refractivity contribution in [2.24, 2.45) is 5.73 Å². The first-order valence-electron chi connectivity index (χ1n) is 5.84. The first-order chi connectivity index (χ1) is 9.36. The topological polar surface area (TPSA) is 77.8 Å². The van der Waals surface area contributed by atoms with Gasteiger partial charge in [0.25, 0.3) is 5.22 Å². The molecule has 0 spiro atoms. The molecule has 96 valence electrons. The molecular formula is C13H12N4OS. The van der Waals surface area contributed by atoms with E-state index in [1.165, 1.54) is 17.3 Å². The summed E-state index contributed by atoms with van der Waals surface area (Å²) in [5.74, 6) is 1.22. The van der Waals surface area contributed by atoms with E-state index in [1.807, 2.05) is 30.5 Å². The Morgan fingerprint density at radius 1 is 1.16 bits per heavy atom. The van der Waals surface area contributed by atoms with Crippen LogP contribution in [0.25, 0.3) is 10.9 Å². The molecule has 0 fully saturated rings. The van der Waals surface area contributed by atoms with Crippen molar-refractivity contribution in [1.29, 1.82) is 0 Å². The highest BCUT2D eigenvalue weighted by molar-refractivity contribution is 7.98.